The molecule has 1 aliphatic rings. The van der Waals surface area contributed by atoms with Gasteiger partial charge >= 0.3 is 0 Å². The number of hydrogen-bond donors (Lipinski definition) is 1. The predicted molar refractivity (Wildman–Crippen MR) is 90.1 cm³/mol. The van der Waals surface area contributed by atoms with Crippen molar-refractivity contribution in [1.29, 1.82) is 0 Å². The van der Waals surface area contributed by atoms with Gasteiger partial charge in [-0.3, -0.25) is 0 Å². The highest BCUT2D eigenvalue weighted by Gasteiger charge is 2.27. The van der Waals surface area contributed by atoms with Crippen molar-refractivity contribution in [3.63, 3.8) is 0 Å². The van der Waals surface area contributed by atoms with E-state index in [-0.39, 0.29) is 0 Å². The summed E-state index contributed by atoms with van der Waals surface area (Å²) in [5, 5.41) is 4.79. The Bertz CT molecular complexity index is 603. The van der Waals surface area contributed by atoms with Gasteiger partial charge in [0.2, 0.25) is 0 Å². The first-order valence-corrected chi connectivity index (χ1v) is 8.92. The van der Waals surface area contributed by atoms with Gasteiger partial charge in [0, 0.05) is 17.3 Å². The molecule has 2 aromatic rings. The predicted octanol–water partition coefficient (Wildman–Crippen LogP) is 4.28. The number of fused-ring (bicyclic) bond motifs is 1. The average Bonchev–Trinajstić information content (AvgIpc) is 3.09. The minimum Gasteiger partial charge on any atom is -0.312 e. The van der Waals surface area contributed by atoms with Crippen LogP contribution in [0.3, 0.4) is 0 Å². The molecule has 2 nitrogen and oxygen atoms in total. The second kappa shape index (κ2) is 6.71. The number of hydrogen-bond acceptors (Lipinski definition) is 3. The number of aryl methyl sites for hydroxylation is 2. The van der Waals surface area contributed by atoms with Gasteiger partial charge in [0.15, 0.2) is 0 Å². The lowest BCUT2D eigenvalue weighted by atomic mass is 10.0. The van der Waals surface area contributed by atoms with E-state index in [1.807, 2.05) is 11.3 Å². The molecule has 0 bridgehead atoms. The summed E-state index contributed by atoms with van der Waals surface area (Å²) in [6.07, 6.45) is 4.69. The van der Waals surface area contributed by atoms with E-state index in [1.165, 1.54) is 46.0 Å². The van der Waals surface area contributed by atoms with E-state index >= 15 is 0 Å². The van der Waals surface area contributed by atoms with Crippen LogP contribution in [0.1, 0.15) is 59.3 Å². The smallest absolute Gasteiger partial charge is 0.101 e. The van der Waals surface area contributed by atoms with Gasteiger partial charge in [0.05, 0.1) is 5.69 Å². The molecule has 0 radical (unpaired) electrons. The zero-order chi connectivity index (χ0) is 14.7. The second-order valence-corrected chi connectivity index (χ2v) is 6.86. The summed E-state index contributed by atoms with van der Waals surface area (Å²) >= 11 is 1.93. The quantitative estimate of drug-likeness (QED) is 0.861. The van der Waals surface area contributed by atoms with E-state index in [1.54, 1.807) is 0 Å². The minimum absolute atomic E-state index is 0.525. The Hall–Kier alpha value is -1.19. The first-order chi connectivity index (χ1) is 10.3. The maximum absolute atomic E-state index is 5.01. The number of nitrogens with zero attached hydrogens (tertiary/aromatic N) is 1. The fraction of sp³-hybridized carbons (Fsp3) is 0.500. The molecule has 1 heterocycles. The van der Waals surface area contributed by atoms with E-state index in [2.05, 4.69) is 43.4 Å². The van der Waals surface area contributed by atoms with Crippen LogP contribution in [0, 0.1) is 0 Å². The molecule has 1 aromatic carbocycles. The molecule has 0 saturated heterocycles. The summed E-state index contributed by atoms with van der Waals surface area (Å²) in [5.74, 6) is 0.525. The van der Waals surface area contributed by atoms with Crippen molar-refractivity contribution in [1.82, 2.24) is 10.3 Å². The SMILES string of the molecule is CCCc1nc(C2CCc3ccccc32)sc1CNCC. The first-order valence-electron chi connectivity index (χ1n) is 8.10. The van der Waals surface area contributed by atoms with Gasteiger partial charge in [-0.2, -0.15) is 0 Å². The van der Waals surface area contributed by atoms with E-state index in [9.17, 15) is 0 Å². The van der Waals surface area contributed by atoms with Crippen LogP contribution in [0.5, 0.6) is 0 Å². The zero-order valence-corrected chi connectivity index (χ0v) is 13.8. The van der Waals surface area contributed by atoms with E-state index in [0.29, 0.717) is 5.92 Å². The van der Waals surface area contributed by atoms with Gasteiger partial charge in [-0.1, -0.05) is 44.5 Å². The minimum atomic E-state index is 0.525. The van der Waals surface area contributed by atoms with Crippen molar-refractivity contribution in [2.45, 2.75) is 52.0 Å². The lowest BCUT2D eigenvalue weighted by Gasteiger charge is -2.07. The number of thiazole rings is 1. The van der Waals surface area contributed by atoms with Gasteiger partial charge in [0.25, 0.3) is 0 Å². The van der Waals surface area contributed by atoms with Crippen LogP contribution in [0.2, 0.25) is 0 Å². The van der Waals surface area contributed by atoms with Gasteiger partial charge in [0.1, 0.15) is 5.01 Å². The molecule has 1 aliphatic carbocycles. The van der Waals surface area contributed by atoms with E-state index in [0.717, 1.165) is 19.5 Å². The Labute approximate surface area is 131 Å². The molecule has 21 heavy (non-hydrogen) atoms. The first kappa shape index (κ1) is 14.7. The van der Waals surface area contributed by atoms with Crippen molar-refractivity contribution in [3.8, 4) is 0 Å². The Morgan fingerprint density at radius 1 is 1.29 bits per heavy atom. The summed E-state index contributed by atoms with van der Waals surface area (Å²) in [6.45, 7) is 6.39. The Balaban J connectivity index is 1.89. The lowest BCUT2D eigenvalue weighted by molar-refractivity contribution is 0.721. The molecule has 0 spiro atoms. The maximum atomic E-state index is 5.01. The Kier molecular flexibility index (Phi) is 4.71. The van der Waals surface area contributed by atoms with Crippen molar-refractivity contribution in [2.24, 2.45) is 0 Å². The average molecular weight is 300 g/mol. The van der Waals surface area contributed by atoms with Crippen LogP contribution in [-0.2, 0) is 19.4 Å². The fourth-order valence-corrected chi connectivity index (χ4v) is 4.41. The van der Waals surface area contributed by atoms with Gasteiger partial charge in [-0.05, 0) is 36.9 Å². The Morgan fingerprint density at radius 2 is 2.14 bits per heavy atom. The summed E-state index contributed by atoms with van der Waals surface area (Å²) < 4.78 is 0. The van der Waals surface area contributed by atoms with Gasteiger partial charge in [-0.25, -0.2) is 4.98 Å². The second-order valence-electron chi connectivity index (χ2n) is 5.74. The van der Waals surface area contributed by atoms with Crippen LogP contribution in [0.4, 0.5) is 0 Å². The highest BCUT2D eigenvalue weighted by Crippen LogP contribution is 2.40. The molecular formula is C18H24N2S. The summed E-state index contributed by atoms with van der Waals surface area (Å²) in [7, 11) is 0. The molecule has 1 unspecified atom stereocenters. The van der Waals surface area contributed by atoms with Crippen molar-refractivity contribution in [3.05, 3.63) is 51.0 Å². The maximum Gasteiger partial charge on any atom is 0.101 e. The molecule has 3 heteroatoms. The molecule has 0 aliphatic heterocycles. The van der Waals surface area contributed by atoms with E-state index < -0.39 is 0 Å². The van der Waals surface area contributed by atoms with Gasteiger partial charge < -0.3 is 5.32 Å². The van der Waals surface area contributed by atoms with E-state index in [4.69, 9.17) is 4.98 Å². The van der Waals surface area contributed by atoms with Crippen molar-refractivity contribution < 1.29 is 0 Å². The molecule has 0 fully saturated rings. The highest BCUT2D eigenvalue weighted by molar-refractivity contribution is 7.11. The standard InChI is InChI=1S/C18H24N2S/c1-3-7-16-17(12-19-4-2)21-18(20-16)15-11-10-13-8-5-6-9-14(13)15/h5-6,8-9,15,19H,3-4,7,10-12H2,1-2H3. The molecule has 112 valence electrons. The van der Waals surface area contributed by atoms with Gasteiger partial charge in [-0.15, -0.1) is 11.3 Å². The summed E-state index contributed by atoms with van der Waals surface area (Å²) in [4.78, 5) is 6.45. The largest absolute Gasteiger partial charge is 0.312 e. The third-order valence-corrected chi connectivity index (χ3v) is 5.46. The molecule has 0 amide bonds. The molecule has 0 saturated carbocycles. The molecule has 1 atom stereocenters. The molecular weight excluding hydrogens is 276 g/mol. The van der Waals surface area contributed by atoms with Crippen LogP contribution in [-0.4, -0.2) is 11.5 Å². The topological polar surface area (TPSA) is 24.9 Å². The van der Waals surface area contributed by atoms with Crippen molar-refractivity contribution >= 4 is 11.3 Å². The van der Waals surface area contributed by atoms with Crippen LogP contribution in [0.15, 0.2) is 24.3 Å². The normalized spacial score (nSPS) is 17.1. The zero-order valence-electron chi connectivity index (χ0n) is 13.0. The number of aromatic nitrogens is 1. The molecule has 1 N–H and O–H groups in total. The molecule has 1 aromatic heterocycles. The number of nitrogens with one attached hydrogen (secondary N) is 1. The van der Waals surface area contributed by atoms with Crippen LogP contribution in [0.25, 0.3) is 0 Å². The number of benzene rings is 1. The molecule has 3 rings (SSSR count). The van der Waals surface area contributed by atoms with Crippen LogP contribution >= 0.6 is 11.3 Å². The third kappa shape index (κ3) is 3.04. The summed E-state index contributed by atoms with van der Waals surface area (Å²) in [6, 6.07) is 8.88. The summed E-state index contributed by atoms with van der Waals surface area (Å²) in [5.41, 5.74) is 4.34. The highest BCUT2D eigenvalue weighted by atomic mass is 32.1. The Morgan fingerprint density at radius 3 is 2.95 bits per heavy atom. The fourth-order valence-electron chi connectivity index (χ4n) is 3.17. The number of rotatable bonds is 6. The van der Waals surface area contributed by atoms with Crippen molar-refractivity contribution in [2.75, 3.05) is 6.54 Å². The van der Waals surface area contributed by atoms with Crippen LogP contribution < -0.4 is 5.32 Å². The third-order valence-electron chi connectivity index (χ3n) is 4.25. The monoisotopic (exact) mass is 300 g/mol. The lowest BCUT2D eigenvalue weighted by Crippen LogP contribution is -2.11.